The minimum Gasteiger partial charge on any atom is -0.477 e. The van der Waals surface area contributed by atoms with Gasteiger partial charge in [0, 0.05) is 17.6 Å². The van der Waals surface area contributed by atoms with E-state index in [-0.39, 0.29) is 15.9 Å². The number of aromatic carboxylic acids is 1. The number of rotatable bonds is 4. The van der Waals surface area contributed by atoms with Crippen molar-refractivity contribution >= 4 is 38.9 Å². The molecule has 21 heavy (non-hydrogen) atoms. The Morgan fingerprint density at radius 2 is 2.19 bits per heavy atom. The van der Waals surface area contributed by atoms with Gasteiger partial charge in [0.25, 0.3) is 5.43 Å². The molecule has 0 aliphatic heterocycles. The molecule has 2 aromatic heterocycles. The number of thiophene rings is 1. The largest absolute Gasteiger partial charge is 0.477 e. The topological polar surface area (TPSA) is 102 Å². The van der Waals surface area contributed by atoms with Gasteiger partial charge in [-0.3, -0.25) is 14.9 Å². The van der Waals surface area contributed by atoms with Gasteiger partial charge < -0.3 is 9.67 Å². The van der Waals surface area contributed by atoms with Gasteiger partial charge in [-0.1, -0.05) is 0 Å². The molecule has 2 heterocycles. The van der Waals surface area contributed by atoms with E-state index in [0.29, 0.717) is 0 Å². The SMILES string of the molecule is Cc1sc(C(=O)O)cc1Cn1cc(Br)c(=O)c([N+](=O)[O-])c1. The number of carboxylic acids is 1. The molecular weight excluding hydrogens is 364 g/mol. The number of carbonyl (C=O) groups is 1. The summed E-state index contributed by atoms with van der Waals surface area (Å²) in [6, 6.07) is 1.53. The molecule has 2 rings (SSSR count). The summed E-state index contributed by atoms with van der Waals surface area (Å²) in [5.41, 5.74) is -0.484. The van der Waals surface area contributed by atoms with Crippen molar-refractivity contribution < 1.29 is 14.8 Å². The first-order valence-electron chi connectivity index (χ1n) is 5.66. The first-order valence-corrected chi connectivity index (χ1v) is 7.27. The van der Waals surface area contributed by atoms with Crippen molar-refractivity contribution in [3.63, 3.8) is 0 Å². The molecule has 0 bridgehead atoms. The Hall–Kier alpha value is -2.00. The van der Waals surface area contributed by atoms with E-state index in [2.05, 4.69) is 15.9 Å². The second-order valence-corrected chi connectivity index (χ2v) is 6.36. The highest BCUT2D eigenvalue weighted by molar-refractivity contribution is 9.10. The summed E-state index contributed by atoms with van der Waals surface area (Å²) in [7, 11) is 0. The molecule has 7 nitrogen and oxygen atoms in total. The average molecular weight is 373 g/mol. The van der Waals surface area contributed by atoms with Crippen molar-refractivity contribution in [2.24, 2.45) is 0 Å². The van der Waals surface area contributed by atoms with E-state index in [0.717, 1.165) is 28.0 Å². The summed E-state index contributed by atoms with van der Waals surface area (Å²) >= 11 is 4.14. The molecule has 2 aromatic rings. The zero-order valence-electron chi connectivity index (χ0n) is 10.7. The van der Waals surface area contributed by atoms with Gasteiger partial charge in [0.15, 0.2) is 0 Å². The summed E-state index contributed by atoms with van der Waals surface area (Å²) in [4.78, 5) is 33.6. The second kappa shape index (κ2) is 5.78. The number of pyridine rings is 1. The lowest BCUT2D eigenvalue weighted by atomic mass is 10.2. The summed E-state index contributed by atoms with van der Waals surface area (Å²) in [5.74, 6) is -1.01. The van der Waals surface area contributed by atoms with Gasteiger partial charge in [0.1, 0.15) is 4.88 Å². The summed E-state index contributed by atoms with van der Waals surface area (Å²) in [6.45, 7) is 2.02. The number of hydrogen-bond acceptors (Lipinski definition) is 5. The van der Waals surface area contributed by atoms with Crippen LogP contribution in [0, 0.1) is 17.0 Å². The van der Waals surface area contributed by atoms with Crippen LogP contribution in [0.5, 0.6) is 0 Å². The minimum absolute atomic E-state index is 0.0861. The van der Waals surface area contributed by atoms with Crippen LogP contribution in [-0.2, 0) is 6.54 Å². The molecule has 9 heteroatoms. The molecule has 0 unspecified atom stereocenters. The van der Waals surface area contributed by atoms with Gasteiger partial charge in [0.05, 0.1) is 15.6 Å². The van der Waals surface area contributed by atoms with Gasteiger partial charge in [-0.2, -0.15) is 0 Å². The highest BCUT2D eigenvalue weighted by Gasteiger charge is 2.17. The monoisotopic (exact) mass is 372 g/mol. The second-order valence-electron chi connectivity index (χ2n) is 4.25. The Labute approximate surface area is 130 Å². The fourth-order valence-corrected chi connectivity index (χ4v) is 3.12. The van der Waals surface area contributed by atoms with Crippen LogP contribution in [0.25, 0.3) is 0 Å². The molecule has 0 saturated heterocycles. The van der Waals surface area contributed by atoms with Crippen LogP contribution < -0.4 is 5.43 Å². The van der Waals surface area contributed by atoms with Gasteiger partial charge >= 0.3 is 11.7 Å². The first kappa shape index (κ1) is 15.4. The van der Waals surface area contributed by atoms with Crippen LogP contribution in [0.3, 0.4) is 0 Å². The Bertz CT molecular complexity index is 795. The zero-order valence-corrected chi connectivity index (χ0v) is 13.1. The number of halogens is 1. The van der Waals surface area contributed by atoms with E-state index >= 15 is 0 Å². The molecule has 0 spiro atoms. The van der Waals surface area contributed by atoms with Crippen LogP contribution in [0.15, 0.2) is 27.7 Å². The molecule has 0 atom stereocenters. The first-order chi connectivity index (χ1) is 9.79. The summed E-state index contributed by atoms with van der Waals surface area (Å²) < 4.78 is 1.56. The Morgan fingerprint density at radius 3 is 2.71 bits per heavy atom. The summed E-state index contributed by atoms with van der Waals surface area (Å²) in [5, 5.41) is 19.8. The Morgan fingerprint density at radius 1 is 1.52 bits per heavy atom. The quantitative estimate of drug-likeness (QED) is 0.656. The number of aromatic nitrogens is 1. The molecule has 0 aliphatic carbocycles. The molecule has 0 amide bonds. The molecular formula is C12H9BrN2O5S. The summed E-state index contributed by atoms with van der Waals surface area (Å²) in [6.07, 6.45) is 2.58. The predicted molar refractivity (Wildman–Crippen MR) is 80.2 cm³/mol. The van der Waals surface area contributed by atoms with E-state index in [1.165, 1.54) is 16.8 Å². The third-order valence-corrected chi connectivity index (χ3v) is 4.44. The molecule has 0 aliphatic rings. The van der Waals surface area contributed by atoms with Crippen molar-refractivity contribution in [1.29, 1.82) is 0 Å². The molecule has 1 N–H and O–H groups in total. The van der Waals surface area contributed by atoms with Gasteiger partial charge in [-0.05, 0) is 34.5 Å². The highest BCUT2D eigenvalue weighted by Crippen LogP contribution is 2.23. The predicted octanol–water partition coefficient (Wildman–Crippen LogP) is 2.64. The number of nitrogens with zero attached hydrogens (tertiary/aromatic N) is 2. The number of aryl methyl sites for hydroxylation is 1. The third kappa shape index (κ3) is 3.19. The van der Waals surface area contributed by atoms with Crippen LogP contribution in [0.1, 0.15) is 20.1 Å². The maximum Gasteiger partial charge on any atom is 0.345 e. The van der Waals surface area contributed by atoms with E-state index < -0.39 is 22.0 Å². The maximum atomic E-state index is 11.6. The van der Waals surface area contributed by atoms with Crippen molar-refractivity contribution in [2.45, 2.75) is 13.5 Å². The Kier molecular flexibility index (Phi) is 4.24. The van der Waals surface area contributed by atoms with Crippen LogP contribution in [0.4, 0.5) is 5.69 Å². The number of carboxylic acid groups (broad SMARTS) is 1. The highest BCUT2D eigenvalue weighted by atomic mass is 79.9. The lowest BCUT2D eigenvalue weighted by Gasteiger charge is -2.06. The average Bonchev–Trinajstić information content (AvgIpc) is 2.75. The van der Waals surface area contributed by atoms with Crippen molar-refractivity contribution in [3.05, 3.63) is 58.6 Å². The van der Waals surface area contributed by atoms with E-state index in [9.17, 15) is 19.7 Å². The fourth-order valence-electron chi connectivity index (χ4n) is 1.78. The zero-order chi connectivity index (χ0) is 15.7. The number of hydrogen-bond donors (Lipinski definition) is 1. The molecule has 0 saturated carbocycles. The third-order valence-electron chi connectivity index (χ3n) is 2.80. The Balaban J connectivity index is 2.43. The maximum absolute atomic E-state index is 11.6. The van der Waals surface area contributed by atoms with Crippen molar-refractivity contribution in [3.8, 4) is 0 Å². The van der Waals surface area contributed by atoms with Crippen molar-refractivity contribution in [2.75, 3.05) is 0 Å². The lowest BCUT2D eigenvalue weighted by molar-refractivity contribution is -0.386. The van der Waals surface area contributed by atoms with Crippen LogP contribution >= 0.6 is 27.3 Å². The molecule has 0 radical (unpaired) electrons. The van der Waals surface area contributed by atoms with Gasteiger partial charge in [0.2, 0.25) is 0 Å². The standard InChI is InChI=1S/C12H9BrN2O5S/c1-6-7(2-10(21-6)12(17)18)3-14-4-8(13)11(16)9(5-14)15(19)20/h2,4-5H,3H2,1H3,(H,17,18). The molecule has 110 valence electrons. The van der Waals surface area contributed by atoms with Crippen LogP contribution in [-0.4, -0.2) is 20.6 Å². The molecule has 0 aromatic carbocycles. The van der Waals surface area contributed by atoms with E-state index in [1.54, 1.807) is 6.92 Å². The van der Waals surface area contributed by atoms with Gasteiger partial charge in [-0.25, -0.2) is 4.79 Å². The minimum atomic E-state index is -1.01. The lowest BCUT2D eigenvalue weighted by Crippen LogP contribution is -2.13. The smallest absolute Gasteiger partial charge is 0.345 e. The van der Waals surface area contributed by atoms with E-state index in [1.807, 2.05) is 0 Å². The van der Waals surface area contributed by atoms with E-state index in [4.69, 9.17) is 5.11 Å². The normalized spacial score (nSPS) is 10.6. The van der Waals surface area contributed by atoms with Crippen molar-refractivity contribution in [1.82, 2.24) is 4.57 Å². The number of nitro groups is 1. The van der Waals surface area contributed by atoms with Gasteiger partial charge in [-0.15, -0.1) is 11.3 Å². The fraction of sp³-hybridized carbons (Fsp3) is 0.167. The molecule has 0 fully saturated rings. The van der Waals surface area contributed by atoms with Crippen LogP contribution in [0.2, 0.25) is 0 Å².